The van der Waals surface area contributed by atoms with Crippen LogP contribution in [0.15, 0.2) is 24.3 Å². The zero-order valence-corrected chi connectivity index (χ0v) is 9.29. The van der Waals surface area contributed by atoms with E-state index in [0.717, 1.165) is 5.56 Å². The maximum Gasteiger partial charge on any atom is 0.235 e. The fourth-order valence-electron chi connectivity index (χ4n) is 1.41. The number of rotatable bonds is 4. The van der Waals surface area contributed by atoms with Gasteiger partial charge >= 0.3 is 0 Å². The fraction of sp³-hybridized carbons (Fsp3) is 0.364. The summed E-state index contributed by atoms with van der Waals surface area (Å²) in [5.74, 6) is -0.101. The van der Waals surface area contributed by atoms with Gasteiger partial charge in [0, 0.05) is 5.56 Å². The van der Waals surface area contributed by atoms with Crippen LogP contribution < -0.4 is 5.32 Å². The van der Waals surface area contributed by atoms with E-state index in [-0.39, 0.29) is 23.6 Å². The Morgan fingerprint density at radius 3 is 2.73 bits per heavy atom. The minimum absolute atomic E-state index is 0.0654. The fourth-order valence-corrected chi connectivity index (χ4v) is 1.49. The molecule has 0 fully saturated rings. The largest absolute Gasteiger partial charge is 0.508 e. The summed E-state index contributed by atoms with van der Waals surface area (Å²) in [6.45, 7) is 1.94. The number of carbonyl (C=O) groups is 1. The summed E-state index contributed by atoms with van der Waals surface area (Å²) in [7, 11) is 0. The van der Waals surface area contributed by atoms with Gasteiger partial charge in [-0.2, -0.15) is 0 Å². The van der Waals surface area contributed by atoms with Crippen molar-refractivity contribution in [2.75, 3.05) is 5.88 Å². The highest BCUT2D eigenvalue weighted by Gasteiger charge is 2.14. The van der Waals surface area contributed by atoms with Crippen LogP contribution in [0.4, 0.5) is 0 Å². The van der Waals surface area contributed by atoms with Crippen molar-refractivity contribution in [2.45, 2.75) is 19.4 Å². The lowest BCUT2D eigenvalue weighted by Crippen LogP contribution is -2.29. The van der Waals surface area contributed by atoms with Crippen LogP contribution >= 0.6 is 11.6 Å². The molecule has 2 N–H and O–H groups in total. The highest BCUT2D eigenvalue weighted by molar-refractivity contribution is 6.27. The lowest BCUT2D eigenvalue weighted by molar-refractivity contribution is -0.119. The smallest absolute Gasteiger partial charge is 0.235 e. The van der Waals surface area contributed by atoms with Crippen molar-refractivity contribution in [1.82, 2.24) is 5.32 Å². The van der Waals surface area contributed by atoms with Gasteiger partial charge in [0.1, 0.15) is 11.6 Å². The molecule has 0 heterocycles. The third-order valence-electron chi connectivity index (χ3n) is 2.18. The molecule has 1 rings (SSSR count). The van der Waals surface area contributed by atoms with Gasteiger partial charge in [-0.05, 0) is 12.5 Å². The normalized spacial score (nSPS) is 12.1. The molecule has 82 valence electrons. The molecule has 0 aliphatic heterocycles. The lowest BCUT2D eigenvalue weighted by atomic mass is 10.0. The minimum atomic E-state index is -0.230. The van der Waals surface area contributed by atoms with Crippen LogP contribution in [0.5, 0.6) is 5.75 Å². The van der Waals surface area contributed by atoms with E-state index in [1.165, 1.54) is 0 Å². The number of amides is 1. The number of hydrogen-bond acceptors (Lipinski definition) is 2. The van der Waals surface area contributed by atoms with Crippen molar-refractivity contribution in [2.24, 2.45) is 0 Å². The number of alkyl halides is 1. The molecule has 3 nitrogen and oxygen atoms in total. The number of phenols is 1. The average Bonchev–Trinajstić information content (AvgIpc) is 2.26. The van der Waals surface area contributed by atoms with E-state index in [9.17, 15) is 9.90 Å². The Bertz CT molecular complexity index is 341. The zero-order valence-electron chi connectivity index (χ0n) is 8.53. The standard InChI is InChI=1S/C11H14ClNO2/c1-2-9(13-11(15)7-12)8-5-3-4-6-10(8)14/h3-6,9,14H,2,7H2,1H3,(H,13,15). The number of benzene rings is 1. The number of para-hydroxylation sites is 1. The second kappa shape index (κ2) is 5.61. The molecular weight excluding hydrogens is 214 g/mol. The van der Waals surface area contributed by atoms with Crippen molar-refractivity contribution in [1.29, 1.82) is 0 Å². The van der Waals surface area contributed by atoms with Gasteiger partial charge in [-0.3, -0.25) is 4.79 Å². The van der Waals surface area contributed by atoms with E-state index < -0.39 is 0 Å². The third kappa shape index (κ3) is 3.13. The van der Waals surface area contributed by atoms with E-state index in [2.05, 4.69) is 5.32 Å². The highest BCUT2D eigenvalue weighted by Crippen LogP contribution is 2.25. The van der Waals surface area contributed by atoms with Crippen molar-refractivity contribution in [3.63, 3.8) is 0 Å². The Hall–Kier alpha value is -1.22. The van der Waals surface area contributed by atoms with Gasteiger partial charge in [0.25, 0.3) is 0 Å². The third-order valence-corrected chi connectivity index (χ3v) is 2.42. The Morgan fingerprint density at radius 1 is 1.53 bits per heavy atom. The monoisotopic (exact) mass is 227 g/mol. The molecule has 0 spiro atoms. The Balaban J connectivity index is 2.83. The summed E-state index contributed by atoms with van der Waals surface area (Å²) in [5.41, 5.74) is 0.721. The number of aromatic hydroxyl groups is 1. The maximum absolute atomic E-state index is 11.1. The van der Waals surface area contributed by atoms with Gasteiger partial charge in [0.2, 0.25) is 5.91 Å². The maximum atomic E-state index is 11.1. The summed E-state index contributed by atoms with van der Waals surface area (Å²) in [4.78, 5) is 11.1. The number of halogens is 1. The molecule has 0 saturated heterocycles. The molecule has 0 bridgehead atoms. The first-order valence-corrected chi connectivity index (χ1v) is 5.35. The van der Waals surface area contributed by atoms with Crippen LogP contribution in [-0.2, 0) is 4.79 Å². The quantitative estimate of drug-likeness (QED) is 0.775. The predicted molar refractivity (Wildman–Crippen MR) is 60.0 cm³/mol. The van der Waals surface area contributed by atoms with Crippen LogP contribution in [-0.4, -0.2) is 16.9 Å². The second-order valence-corrected chi connectivity index (χ2v) is 3.49. The molecule has 0 saturated carbocycles. The summed E-state index contributed by atoms with van der Waals surface area (Å²) < 4.78 is 0. The molecule has 0 aromatic heterocycles. The molecule has 15 heavy (non-hydrogen) atoms. The minimum Gasteiger partial charge on any atom is -0.508 e. The highest BCUT2D eigenvalue weighted by atomic mass is 35.5. The van der Waals surface area contributed by atoms with Gasteiger partial charge in [0.05, 0.1) is 6.04 Å². The average molecular weight is 228 g/mol. The van der Waals surface area contributed by atoms with Crippen molar-refractivity contribution >= 4 is 17.5 Å². The summed E-state index contributed by atoms with van der Waals surface area (Å²) in [6, 6.07) is 6.78. The summed E-state index contributed by atoms with van der Waals surface area (Å²) in [5, 5.41) is 12.4. The van der Waals surface area contributed by atoms with Gasteiger partial charge < -0.3 is 10.4 Å². The van der Waals surface area contributed by atoms with E-state index in [1.54, 1.807) is 18.2 Å². The van der Waals surface area contributed by atoms with Gasteiger partial charge in [-0.1, -0.05) is 25.1 Å². The van der Waals surface area contributed by atoms with E-state index >= 15 is 0 Å². The molecular formula is C11H14ClNO2. The first-order chi connectivity index (χ1) is 7.19. The van der Waals surface area contributed by atoms with Crippen LogP contribution in [0.25, 0.3) is 0 Å². The van der Waals surface area contributed by atoms with Gasteiger partial charge in [0.15, 0.2) is 0 Å². The van der Waals surface area contributed by atoms with Crippen molar-refractivity contribution < 1.29 is 9.90 Å². The van der Waals surface area contributed by atoms with Crippen LogP contribution in [0.1, 0.15) is 24.9 Å². The molecule has 1 aromatic rings. The molecule has 4 heteroatoms. The molecule has 0 aliphatic rings. The summed E-state index contributed by atoms with van der Waals surface area (Å²) >= 11 is 5.41. The number of hydrogen-bond donors (Lipinski definition) is 2. The van der Waals surface area contributed by atoms with E-state index in [4.69, 9.17) is 11.6 Å². The van der Waals surface area contributed by atoms with Gasteiger partial charge in [-0.15, -0.1) is 11.6 Å². The zero-order chi connectivity index (χ0) is 11.3. The molecule has 0 radical (unpaired) electrons. The lowest BCUT2D eigenvalue weighted by Gasteiger charge is -2.17. The molecule has 0 aliphatic carbocycles. The van der Waals surface area contributed by atoms with E-state index in [0.29, 0.717) is 6.42 Å². The Kier molecular flexibility index (Phi) is 4.43. The second-order valence-electron chi connectivity index (χ2n) is 3.22. The van der Waals surface area contributed by atoms with Crippen LogP contribution in [0.3, 0.4) is 0 Å². The number of nitrogens with one attached hydrogen (secondary N) is 1. The molecule has 1 atom stereocenters. The molecule has 1 amide bonds. The van der Waals surface area contributed by atoms with E-state index in [1.807, 2.05) is 13.0 Å². The first kappa shape index (κ1) is 11.9. The van der Waals surface area contributed by atoms with Crippen molar-refractivity contribution in [3.05, 3.63) is 29.8 Å². The topological polar surface area (TPSA) is 49.3 Å². The predicted octanol–water partition coefficient (Wildman–Crippen LogP) is 2.20. The van der Waals surface area contributed by atoms with Gasteiger partial charge in [-0.25, -0.2) is 0 Å². The Morgan fingerprint density at radius 2 is 2.20 bits per heavy atom. The van der Waals surface area contributed by atoms with Crippen LogP contribution in [0.2, 0.25) is 0 Å². The van der Waals surface area contributed by atoms with Crippen molar-refractivity contribution in [3.8, 4) is 5.75 Å². The number of phenolic OH excluding ortho intramolecular Hbond substituents is 1. The number of carbonyl (C=O) groups excluding carboxylic acids is 1. The SMILES string of the molecule is CCC(NC(=O)CCl)c1ccccc1O. The molecule has 1 unspecified atom stereocenters. The molecule has 1 aromatic carbocycles. The Labute approximate surface area is 94.1 Å². The first-order valence-electron chi connectivity index (χ1n) is 4.82. The van der Waals surface area contributed by atoms with Crippen LogP contribution in [0, 0.1) is 0 Å². The summed E-state index contributed by atoms with van der Waals surface area (Å²) in [6.07, 6.45) is 0.709.